The number of aromatic nitrogens is 5. The highest BCUT2D eigenvalue weighted by Crippen LogP contribution is 2.28. The molecule has 1 N–H and O–H groups in total. The summed E-state index contributed by atoms with van der Waals surface area (Å²) in [6, 6.07) is 16.5. The summed E-state index contributed by atoms with van der Waals surface area (Å²) < 4.78 is 18.5. The summed E-state index contributed by atoms with van der Waals surface area (Å²) in [6.45, 7) is 1.87. The minimum atomic E-state index is -0.679. The topological polar surface area (TPSA) is 121 Å². The Hall–Kier alpha value is -5.19. The Morgan fingerprint density at radius 2 is 1.74 bits per heavy atom. The number of carbonyl (C=O) groups excluding carboxylic acids is 2. The first-order valence-corrected chi connectivity index (χ1v) is 14.0. The molecule has 218 valence electrons. The van der Waals surface area contributed by atoms with Gasteiger partial charge in [0.05, 0.1) is 17.3 Å². The number of halogens is 1. The molecule has 0 saturated heterocycles. The van der Waals surface area contributed by atoms with Crippen LogP contribution in [0.4, 0.5) is 4.39 Å². The zero-order chi connectivity index (χ0) is 30.2. The quantitative estimate of drug-likeness (QED) is 0.302. The van der Waals surface area contributed by atoms with Gasteiger partial charge in [0.25, 0.3) is 11.5 Å². The average Bonchev–Trinajstić information content (AvgIpc) is 3.36. The third-order valence-electron chi connectivity index (χ3n) is 8.12. The van der Waals surface area contributed by atoms with E-state index in [0.717, 1.165) is 35.4 Å². The zero-order valence-electron chi connectivity index (χ0n) is 23.7. The van der Waals surface area contributed by atoms with Crippen molar-refractivity contribution in [2.75, 3.05) is 0 Å². The van der Waals surface area contributed by atoms with Crippen LogP contribution in [-0.2, 0) is 7.05 Å². The van der Waals surface area contributed by atoms with Gasteiger partial charge in [-0.05, 0) is 68.0 Å². The molecule has 43 heavy (non-hydrogen) atoms. The molecule has 1 aliphatic carbocycles. The van der Waals surface area contributed by atoms with Crippen molar-refractivity contribution in [1.29, 1.82) is 0 Å². The number of carbonyl (C=O) groups is 2. The molecular weight excluding hydrogens is 551 g/mol. The van der Waals surface area contributed by atoms with Gasteiger partial charge < -0.3 is 5.32 Å². The van der Waals surface area contributed by atoms with E-state index in [0.29, 0.717) is 42.6 Å². The molecule has 5 aromatic rings. The molecule has 0 radical (unpaired) electrons. The number of amides is 1. The van der Waals surface area contributed by atoms with Crippen LogP contribution in [0.3, 0.4) is 0 Å². The number of fused-ring (bicyclic) bond motifs is 1. The Morgan fingerprint density at radius 3 is 2.42 bits per heavy atom. The van der Waals surface area contributed by atoms with Crippen LogP contribution in [0.5, 0.6) is 0 Å². The van der Waals surface area contributed by atoms with Crippen molar-refractivity contribution in [1.82, 2.24) is 29.2 Å². The summed E-state index contributed by atoms with van der Waals surface area (Å²) in [5.74, 6) is -0.943. The number of hydrogen-bond acceptors (Lipinski definition) is 6. The number of rotatable bonds is 6. The lowest BCUT2D eigenvalue weighted by Crippen LogP contribution is -2.45. The molecule has 1 fully saturated rings. The second kappa shape index (κ2) is 11.2. The fourth-order valence-electron chi connectivity index (χ4n) is 5.73. The molecule has 0 spiro atoms. The lowest BCUT2D eigenvalue weighted by molar-refractivity contribution is 0.0916. The second-order valence-corrected chi connectivity index (χ2v) is 10.9. The van der Waals surface area contributed by atoms with E-state index in [1.54, 1.807) is 48.1 Å². The average molecular weight is 581 g/mol. The lowest BCUT2D eigenvalue weighted by atomic mass is 9.90. The number of benzene rings is 2. The van der Waals surface area contributed by atoms with Crippen molar-refractivity contribution in [2.45, 2.75) is 44.7 Å². The van der Waals surface area contributed by atoms with E-state index in [-0.39, 0.29) is 23.0 Å². The SMILES string of the molecule is Cc1cc(C(=O)N[C@H]2CC[C@@H](n3c(=O)c4cc(F)cnc4n(-c4cccc(-c5ccc(C=O)cc5)c4)c3=O)CC2)nn1C. The third-order valence-corrected chi connectivity index (χ3v) is 8.12. The summed E-state index contributed by atoms with van der Waals surface area (Å²) in [5.41, 5.74) is 2.73. The number of nitrogens with zero attached hydrogens (tertiary/aromatic N) is 5. The Labute approximate surface area is 245 Å². The maximum absolute atomic E-state index is 14.3. The normalized spacial score (nSPS) is 16.7. The number of aryl methyl sites for hydroxylation is 2. The Kier molecular flexibility index (Phi) is 7.31. The van der Waals surface area contributed by atoms with E-state index < -0.39 is 23.1 Å². The molecule has 1 aliphatic rings. The van der Waals surface area contributed by atoms with Crippen molar-refractivity contribution in [3.8, 4) is 16.8 Å². The van der Waals surface area contributed by atoms with Gasteiger partial charge in [-0.3, -0.25) is 23.6 Å². The fourth-order valence-corrected chi connectivity index (χ4v) is 5.73. The standard InChI is InChI=1S/C32H29FN6O4/c1-19-14-28(36-37(19)2)30(41)35-24-10-12-25(13-11-24)39-31(42)27-16-23(33)17-34-29(27)38(32(39)43)26-5-3-4-22(15-26)21-8-6-20(18-40)7-9-21/h3-9,14-18,24-25H,10-13H2,1-2H3,(H,35,41)/t24-,25+. The molecule has 3 heterocycles. The van der Waals surface area contributed by atoms with Crippen molar-refractivity contribution >= 4 is 23.2 Å². The molecule has 3 aromatic heterocycles. The zero-order valence-corrected chi connectivity index (χ0v) is 23.7. The van der Waals surface area contributed by atoms with Gasteiger partial charge in [-0.1, -0.05) is 36.4 Å². The maximum Gasteiger partial charge on any atom is 0.337 e. The van der Waals surface area contributed by atoms with Gasteiger partial charge in [0.1, 0.15) is 17.8 Å². The predicted octanol–water partition coefficient (Wildman–Crippen LogP) is 4.12. The van der Waals surface area contributed by atoms with Crippen molar-refractivity contribution in [2.24, 2.45) is 7.05 Å². The molecular formula is C32H29FN6O4. The van der Waals surface area contributed by atoms with Crippen molar-refractivity contribution in [3.63, 3.8) is 0 Å². The first-order chi connectivity index (χ1) is 20.7. The van der Waals surface area contributed by atoms with Gasteiger partial charge in [0, 0.05) is 30.4 Å². The predicted molar refractivity (Wildman–Crippen MR) is 159 cm³/mol. The molecule has 10 nitrogen and oxygen atoms in total. The molecule has 0 bridgehead atoms. The van der Waals surface area contributed by atoms with E-state index in [9.17, 15) is 23.6 Å². The van der Waals surface area contributed by atoms with Crippen LogP contribution in [0.15, 0.2) is 76.4 Å². The van der Waals surface area contributed by atoms with Gasteiger partial charge in [-0.15, -0.1) is 0 Å². The van der Waals surface area contributed by atoms with Gasteiger partial charge in [0.15, 0.2) is 5.65 Å². The Bertz CT molecular complexity index is 1970. The lowest BCUT2D eigenvalue weighted by Gasteiger charge is -2.30. The minimum absolute atomic E-state index is 0.00119. The van der Waals surface area contributed by atoms with E-state index >= 15 is 0 Å². The van der Waals surface area contributed by atoms with Gasteiger partial charge >= 0.3 is 5.69 Å². The van der Waals surface area contributed by atoms with Gasteiger partial charge in [-0.2, -0.15) is 5.10 Å². The number of nitrogens with one attached hydrogen (secondary N) is 1. The summed E-state index contributed by atoms with van der Waals surface area (Å²) in [7, 11) is 1.77. The third kappa shape index (κ3) is 5.29. The van der Waals surface area contributed by atoms with Crippen molar-refractivity contribution in [3.05, 3.63) is 110 Å². The highest BCUT2D eigenvalue weighted by atomic mass is 19.1. The molecule has 1 saturated carbocycles. The Balaban J connectivity index is 1.35. The summed E-state index contributed by atoms with van der Waals surface area (Å²) in [5, 5.41) is 7.25. The molecule has 2 aromatic carbocycles. The number of pyridine rings is 1. The Morgan fingerprint density at radius 1 is 1.00 bits per heavy atom. The first kappa shape index (κ1) is 28.0. The summed E-state index contributed by atoms with van der Waals surface area (Å²) in [6.07, 6.45) is 3.81. The molecule has 6 rings (SSSR count). The summed E-state index contributed by atoms with van der Waals surface area (Å²) in [4.78, 5) is 55.7. The van der Waals surface area contributed by atoms with Crippen LogP contribution in [0.25, 0.3) is 27.8 Å². The molecule has 0 unspecified atom stereocenters. The fraction of sp³-hybridized carbons (Fsp3) is 0.250. The van der Waals surface area contributed by atoms with Crippen LogP contribution in [-0.4, -0.2) is 42.1 Å². The van der Waals surface area contributed by atoms with E-state index in [4.69, 9.17) is 0 Å². The van der Waals surface area contributed by atoms with Crippen LogP contribution in [0.1, 0.15) is 58.3 Å². The number of aldehydes is 1. The highest BCUT2D eigenvalue weighted by Gasteiger charge is 2.28. The van der Waals surface area contributed by atoms with Gasteiger partial charge in [0.2, 0.25) is 0 Å². The largest absolute Gasteiger partial charge is 0.348 e. The number of hydrogen-bond donors (Lipinski definition) is 1. The van der Waals surface area contributed by atoms with Crippen LogP contribution < -0.4 is 16.6 Å². The van der Waals surface area contributed by atoms with E-state index in [2.05, 4.69) is 15.4 Å². The van der Waals surface area contributed by atoms with Crippen LogP contribution in [0.2, 0.25) is 0 Å². The van der Waals surface area contributed by atoms with E-state index in [1.807, 2.05) is 25.1 Å². The van der Waals surface area contributed by atoms with E-state index in [1.165, 1.54) is 9.13 Å². The summed E-state index contributed by atoms with van der Waals surface area (Å²) >= 11 is 0. The monoisotopic (exact) mass is 580 g/mol. The van der Waals surface area contributed by atoms with Crippen LogP contribution >= 0.6 is 0 Å². The molecule has 0 aliphatic heterocycles. The highest BCUT2D eigenvalue weighted by molar-refractivity contribution is 5.92. The molecule has 1 amide bonds. The van der Waals surface area contributed by atoms with Crippen molar-refractivity contribution < 1.29 is 14.0 Å². The smallest absolute Gasteiger partial charge is 0.337 e. The minimum Gasteiger partial charge on any atom is -0.348 e. The maximum atomic E-state index is 14.3. The first-order valence-electron chi connectivity index (χ1n) is 14.0. The second-order valence-electron chi connectivity index (χ2n) is 10.9. The molecule has 11 heteroatoms. The van der Waals surface area contributed by atoms with Gasteiger partial charge in [-0.25, -0.2) is 18.7 Å². The molecule has 0 atom stereocenters. The van der Waals surface area contributed by atoms with Crippen LogP contribution in [0, 0.1) is 12.7 Å².